The van der Waals surface area contributed by atoms with Gasteiger partial charge in [-0.25, -0.2) is 4.79 Å². The van der Waals surface area contributed by atoms with Crippen LogP contribution in [0, 0.1) is 0 Å². The maximum Gasteiger partial charge on any atom is 0.336 e. The molecule has 1 aromatic heterocycles. The molecule has 0 amide bonds. The highest BCUT2D eigenvalue weighted by atomic mass is 31.0. The van der Waals surface area contributed by atoms with Crippen LogP contribution in [-0.4, -0.2) is 0 Å². The van der Waals surface area contributed by atoms with E-state index in [2.05, 4.69) is 39.9 Å². The van der Waals surface area contributed by atoms with Crippen LogP contribution >= 0.6 is 27.7 Å². The lowest BCUT2D eigenvalue weighted by Crippen LogP contribution is -2.01. The van der Waals surface area contributed by atoms with Gasteiger partial charge in [0.1, 0.15) is 5.58 Å². The van der Waals surface area contributed by atoms with Crippen molar-refractivity contribution in [1.29, 1.82) is 0 Å². The molecule has 0 spiro atoms. The summed E-state index contributed by atoms with van der Waals surface area (Å²) in [5.74, 6) is 0. The molecule has 17 heavy (non-hydrogen) atoms. The third-order valence-electron chi connectivity index (χ3n) is 2.74. The van der Waals surface area contributed by atoms with Gasteiger partial charge in [0.15, 0.2) is 0 Å². The predicted molar refractivity (Wildman–Crippen MR) is 82.7 cm³/mol. The molecular weight excluding hydrogens is 269 g/mol. The minimum atomic E-state index is -0.270. The van der Waals surface area contributed by atoms with Crippen molar-refractivity contribution in [2.75, 3.05) is 0 Å². The quantitative estimate of drug-likeness (QED) is 0.641. The smallest absolute Gasteiger partial charge is 0.336 e. The third-order valence-corrected chi connectivity index (χ3v) is 4.09. The van der Waals surface area contributed by atoms with E-state index in [1.165, 1.54) is 5.56 Å². The van der Waals surface area contributed by atoms with Gasteiger partial charge in [-0.1, -0.05) is 6.07 Å². The Hall–Kier alpha value is -0.280. The molecule has 2 rings (SSSR count). The molecule has 0 aliphatic heterocycles. The Labute approximate surface area is 107 Å². The van der Waals surface area contributed by atoms with E-state index in [0.29, 0.717) is 0 Å². The normalized spacial score (nSPS) is 11.0. The van der Waals surface area contributed by atoms with Gasteiger partial charge in [0.2, 0.25) is 0 Å². The molecule has 0 N–H and O–H groups in total. The molecule has 0 saturated heterocycles. The standard InChI is InChI=1S/C12H15O2P3/c13-11-3-8(5-16)10-2-7(4-15)1-9(6-17)12(10)14-11/h1-3H,4-6,15-17H2. The summed E-state index contributed by atoms with van der Waals surface area (Å²) in [6.45, 7) is 0. The van der Waals surface area contributed by atoms with E-state index in [4.69, 9.17) is 4.42 Å². The highest BCUT2D eigenvalue weighted by Gasteiger charge is 2.09. The molecule has 2 nitrogen and oxygen atoms in total. The zero-order valence-corrected chi connectivity index (χ0v) is 12.9. The van der Waals surface area contributed by atoms with Crippen LogP contribution in [0.25, 0.3) is 11.0 Å². The minimum Gasteiger partial charge on any atom is -0.422 e. The van der Waals surface area contributed by atoms with Gasteiger partial charge in [-0.2, -0.15) is 0 Å². The van der Waals surface area contributed by atoms with Crippen molar-refractivity contribution in [3.8, 4) is 0 Å². The van der Waals surface area contributed by atoms with Crippen molar-refractivity contribution < 1.29 is 4.42 Å². The van der Waals surface area contributed by atoms with E-state index in [-0.39, 0.29) is 5.63 Å². The number of fused-ring (bicyclic) bond motifs is 1. The average Bonchev–Trinajstić information content (AvgIpc) is 2.36. The lowest BCUT2D eigenvalue weighted by Gasteiger charge is -2.09. The summed E-state index contributed by atoms with van der Waals surface area (Å²) < 4.78 is 5.34. The van der Waals surface area contributed by atoms with Crippen LogP contribution in [0.4, 0.5) is 0 Å². The summed E-state index contributed by atoms with van der Waals surface area (Å²) in [6, 6.07) is 5.78. The van der Waals surface area contributed by atoms with Gasteiger partial charge in [0.05, 0.1) is 0 Å². The zero-order chi connectivity index (χ0) is 12.4. The van der Waals surface area contributed by atoms with Crippen LogP contribution in [0.2, 0.25) is 0 Å². The molecule has 0 fully saturated rings. The van der Waals surface area contributed by atoms with Crippen molar-refractivity contribution in [1.82, 2.24) is 0 Å². The van der Waals surface area contributed by atoms with Crippen LogP contribution in [0.5, 0.6) is 0 Å². The molecule has 0 saturated carbocycles. The maximum absolute atomic E-state index is 11.5. The summed E-state index contributed by atoms with van der Waals surface area (Å²) in [7, 11) is 8.07. The Bertz CT molecular complexity index is 604. The molecule has 2 aromatic rings. The van der Waals surface area contributed by atoms with E-state index < -0.39 is 0 Å². The molecular formula is C12H15O2P3. The number of hydrogen-bond acceptors (Lipinski definition) is 2. The molecule has 1 heterocycles. The molecule has 0 aliphatic carbocycles. The van der Waals surface area contributed by atoms with E-state index in [1.54, 1.807) is 6.07 Å². The fourth-order valence-corrected chi connectivity index (χ4v) is 2.78. The summed E-state index contributed by atoms with van der Waals surface area (Å²) >= 11 is 0. The topological polar surface area (TPSA) is 30.2 Å². The summed E-state index contributed by atoms with van der Waals surface area (Å²) in [4.78, 5) is 11.5. The largest absolute Gasteiger partial charge is 0.422 e. The van der Waals surface area contributed by atoms with Crippen LogP contribution in [0.15, 0.2) is 27.4 Å². The van der Waals surface area contributed by atoms with Crippen LogP contribution in [0.3, 0.4) is 0 Å². The molecule has 0 bridgehead atoms. The second kappa shape index (κ2) is 5.57. The van der Waals surface area contributed by atoms with Crippen LogP contribution in [0.1, 0.15) is 16.7 Å². The second-order valence-electron chi connectivity index (χ2n) is 3.83. The molecule has 0 radical (unpaired) electrons. The van der Waals surface area contributed by atoms with Crippen molar-refractivity contribution in [2.45, 2.75) is 18.5 Å². The molecule has 1 aromatic carbocycles. The fourth-order valence-electron chi connectivity index (χ4n) is 1.90. The monoisotopic (exact) mass is 284 g/mol. The van der Waals surface area contributed by atoms with Gasteiger partial charge in [0, 0.05) is 11.5 Å². The molecule has 3 unspecified atom stereocenters. The Balaban J connectivity index is 2.88. The van der Waals surface area contributed by atoms with Crippen LogP contribution in [-0.2, 0) is 18.5 Å². The van der Waals surface area contributed by atoms with E-state index in [1.807, 2.05) is 0 Å². The Morgan fingerprint density at radius 1 is 0.941 bits per heavy atom. The number of benzene rings is 1. The molecule has 0 aliphatic rings. The van der Waals surface area contributed by atoms with Crippen molar-refractivity contribution in [2.24, 2.45) is 0 Å². The van der Waals surface area contributed by atoms with Gasteiger partial charge in [0.25, 0.3) is 0 Å². The first-order valence-electron chi connectivity index (χ1n) is 5.38. The first-order valence-corrected chi connectivity index (χ1v) is 7.83. The Morgan fingerprint density at radius 3 is 2.24 bits per heavy atom. The second-order valence-corrected chi connectivity index (χ2v) is 5.06. The first-order chi connectivity index (χ1) is 8.19. The van der Waals surface area contributed by atoms with E-state index in [9.17, 15) is 4.79 Å². The summed E-state index contributed by atoms with van der Waals surface area (Å²) in [5.41, 5.74) is 3.80. The third kappa shape index (κ3) is 2.60. The van der Waals surface area contributed by atoms with Crippen molar-refractivity contribution >= 4 is 38.7 Å². The Morgan fingerprint density at radius 2 is 1.65 bits per heavy atom. The Kier molecular flexibility index (Phi) is 4.31. The predicted octanol–water partition coefficient (Wildman–Crippen LogP) is 2.92. The van der Waals surface area contributed by atoms with Gasteiger partial charge < -0.3 is 4.42 Å². The van der Waals surface area contributed by atoms with Gasteiger partial charge in [-0.15, -0.1) is 27.7 Å². The summed E-state index contributed by atoms with van der Waals surface area (Å²) in [6.07, 6.45) is 2.46. The van der Waals surface area contributed by atoms with Gasteiger partial charge in [-0.3, -0.25) is 0 Å². The summed E-state index contributed by atoms with van der Waals surface area (Å²) in [5, 5.41) is 1.05. The van der Waals surface area contributed by atoms with Crippen molar-refractivity contribution in [3.63, 3.8) is 0 Å². The van der Waals surface area contributed by atoms with Gasteiger partial charge >= 0.3 is 5.63 Å². The molecule has 90 valence electrons. The SMILES string of the molecule is O=c1cc(CP)c2cc(CP)cc(CP)c2o1. The van der Waals surface area contributed by atoms with Crippen LogP contribution < -0.4 is 5.63 Å². The number of rotatable bonds is 3. The minimum absolute atomic E-state index is 0.270. The molecule has 3 atom stereocenters. The highest BCUT2D eigenvalue weighted by molar-refractivity contribution is 7.15. The average molecular weight is 284 g/mol. The van der Waals surface area contributed by atoms with Crippen molar-refractivity contribution in [3.05, 3.63) is 45.3 Å². The number of hydrogen-bond donors (Lipinski definition) is 0. The van der Waals surface area contributed by atoms with E-state index >= 15 is 0 Å². The van der Waals surface area contributed by atoms with Gasteiger partial charge in [-0.05, 0) is 41.2 Å². The highest BCUT2D eigenvalue weighted by Crippen LogP contribution is 2.27. The van der Waals surface area contributed by atoms with E-state index in [0.717, 1.165) is 40.6 Å². The molecule has 5 heteroatoms. The first kappa shape index (κ1) is 13.2. The fraction of sp³-hybridized carbons (Fsp3) is 0.250. The zero-order valence-electron chi connectivity index (χ0n) is 9.40. The lowest BCUT2D eigenvalue weighted by atomic mass is 10.0. The maximum atomic E-state index is 11.5. The lowest BCUT2D eigenvalue weighted by molar-refractivity contribution is 0.557.